The molecule has 0 bridgehead atoms. The first-order valence-electron chi connectivity index (χ1n) is 2.62. The number of rotatable bonds is 1. The monoisotopic (exact) mass is 226 g/mol. The molecule has 0 aliphatic rings. The molecule has 0 amide bonds. The molecule has 0 saturated heterocycles. The van der Waals surface area contributed by atoms with Gasteiger partial charge in [0, 0.05) is 37.6 Å². The molecule has 0 atom stereocenters. The van der Waals surface area contributed by atoms with E-state index in [9.17, 15) is 10.1 Å². The third-order valence-corrected chi connectivity index (χ3v) is 1.02. The Morgan fingerprint density at radius 2 is 2.18 bits per heavy atom. The van der Waals surface area contributed by atoms with E-state index in [1.54, 1.807) is 0 Å². The average Bonchev–Trinajstić information content (AvgIpc) is 1.88. The van der Waals surface area contributed by atoms with Crippen LogP contribution in [-0.2, 0) is 32.7 Å². The van der Waals surface area contributed by atoms with Crippen molar-refractivity contribution in [2.24, 2.45) is 0 Å². The van der Waals surface area contributed by atoms with Crippen LogP contribution in [0.4, 0.5) is 11.4 Å². The van der Waals surface area contributed by atoms with Gasteiger partial charge in [0.05, 0.1) is 0 Å². The van der Waals surface area contributed by atoms with Crippen molar-refractivity contribution in [1.29, 1.82) is 0 Å². The summed E-state index contributed by atoms with van der Waals surface area (Å²) in [5.74, 6) is 0. The predicted molar refractivity (Wildman–Crippen MR) is 36.3 cm³/mol. The predicted octanol–water partition coefficient (Wildman–Crippen LogP) is 0.975. The van der Waals surface area contributed by atoms with Gasteiger partial charge < -0.3 is 5.73 Å². The van der Waals surface area contributed by atoms with Crippen molar-refractivity contribution in [1.82, 2.24) is 0 Å². The minimum Gasteiger partial charge on any atom is -0.449 e. The minimum atomic E-state index is -0.514. The number of non-ortho nitro benzene ring substituents is 1. The third kappa shape index (κ3) is 2.95. The molecule has 0 fully saturated rings. The number of nitro benzene ring substituents is 1. The van der Waals surface area contributed by atoms with Crippen LogP contribution in [0.25, 0.3) is 0 Å². The van der Waals surface area contributed by atoms with Gasteiger partial charge in [-0.25, -0.2) is 0 Å². The Labute approximate surface area is 88.8 Å². The fourth-order valence-electron chi connectivity index (χ4n) is 0.542. The van der Waals surface area contributed by atoms with Crippen molar-refractivity contribution >= 4 is 11.4 Å². The fourth-order valence-corrected chi connectivity index (χ4v) is 0.542. The number of nitrogens with two attached hydrogens (primary N) is 1. The molecular weight excluding hydrogens is 221 g/mol. The smallest absolute Gasteiger partial charge is 0.162 e. The number of nitrogens with zero attached hydrogens (tertiary/aromatic N) is 1. The molecule has 11 heavy (non-hydrogen) atoms. The van der Waals surface area contributed by atoms with Gasteiger partial charge >= 0.3 is 0 Å². The van der Waals surface area contributed by atoms with Crippen LogP contribution in [-0.4, -0.2) is 4.92 Å². The maximum Gasteiger partial charge on any atom is 0.162 e. The van der Waals surface area contributed by atoms with Gasteiger partial charge in [0.2, 0.25) is 0 Å². The molecule has 1 aromatic rings. The van der Waals surface area contributed by atoms with Crippen molar-refractivity contribution in [3.63, 3.8) is 0 Å². The van der Waals surface area contributed by atoms with Gasteiger partial charge in [-0.1, -0.05) is 17.8 Å². The largest absolute Gasteiger partial charge is 0.449 e. The van der Waals surface area contributed by atoms with E-state index in [2.05, 4.69) is 6.07 Å². The standard InChI is InChI=1S/C6H5N2O2.Y/c7-5-1-3-6(4-2-5)8(9)10;/h1-3H,7H2;/q-1;. The molecule has 0 spiro atoms. The van der Waals surface area contributed by atoms with Crippen molar-refractivity contribution in [3.8, 4) is 0 Å². The van der Waals surface area contributed by atoms with E-state index in [-0.39, 0.29) is 38.4 Å². The molecule has 0 aromatic heterocycles. The van der Waals surface area contributed by atoms with Crippen molar-refractivity contribution in [2.75, 3.05) is 5.73 Å². The number of anilines is 1. The minimum absolute atomic E-state index is 0. The van der Waals surface area contributed by atoms with Crippen molar-refractivity contribution in [2.45, 2.75) is 0 Å². The molecule has 0 aliphatic heterocycles. The number of hydrogen-bond donors (Lipinski definition) is 1. The van der Waals surface area contributed by atoms with Crippen LogP contribution in [0, 0.1) is 16.2 Å². The van der Waals surface area contributed by atoms with E-state index < -0.39 is 4.92 Å². The molecule has 0 saturated carbocycles. The third-order valence-electron chi connectivity index (χ3n) is 1.02. The SMILES string of the molecule is Nc1c[c-]c([N+](=O)[O-])cc1.[Y]. The van der Waals surface area contributed by atoms with Gasteiger partial charge in [0.15, 0.2) is 5.69 Å². The molecule has 55 valence electrons. The second-order valence-electron chi connectivity index (χ2n) is 1.76. The molecule has 1 radical (unpaired) electrons. The molecule has 0 heterocycles. The Morgan fingerprint density at radius 1 is 1.55 bits per heavy atom. The zero-order chi connectivity index (χ0) is 7.56. The zero-order valence-electron chi connectivity index (χ0n) is 5.65. The van der Waals surface area contributed by atoms with Crippen LogP contribution in [0.1, 0.15) is 0 Å². The Bertz CT molecular complexity index is 247. The van der Waals surface area contributed by atoms with Crippen molar-refractivity contribution in [3.05, 3.63) is 34.4 Å². The number of nitro groups is 1. The first-order valence-corrected chi connectivity index (χ1v) is 2.62. The summed E-state index contributed by atoms with van der Waals surface area (Å²) in [6, 6.07) is 6.57. The summed E-state index contributed by atoms with van der Waals surface area (Å²) in [5.41, 5.74) is 5.69. The Kier molecular flexibility index (Phi) is 4.22. The molecular formula is C6H5N2O2Y-. The average molecular weight is 226 g/mol. The topological polar surface area (TPSA) is 69.2 Å². The van der Waals surface area contributed by atoms with Crippen LogP contribution < -0.4 is 5.73 Å². The summed E-state index contributed by atoms with van der Waals surface area (Å²) in [6.07, 6.45) is 0. The van der Waals surface area contributed by atoms with Gasteiger partial charge in [-0.05, 0) is 0 Å². The van der Waals surface area contributed by atoms with Gasteiger partial charge in [0.25, 0.3) is 0 Å². The van der Waals surface area contributed by atoms with Gasteiger partial charge in [-0.2, -0.15) is 0 Å². The molecule has 4 nitrogen and oxygen atoms in total. The van der Waals surface area contributed by atoms with Gasteiger partial charge in [0.1, 0.15) is 0 Å². The normalized spacial score (nSPS) is 8.36. The van der Waals surface area contributed by atoms with E-state index in [1.807, 2.05) is 0 Å². The molecule has 0 aliphatic carbocycles. The van der Waals surface area contributed by atoms with Crippen LogP contribution in [0.3, 0.4) is 0 Å². The van der Waals surface area contributed by atoms with E-state index >= 15 is 0 Å². The van der Waals surface area contributed by atoms with E-state index in [0.29, 0.717) is 5.69 Å². The Balaban J connectivity index is 0.000001000. The Hall–Kier alpha value is -0.476. The summed E-state index contributed by atoms with van der Waals surface area (Å²) >= 11 is 0. The second-order valence-corrected chi connectivity index (χ2v) is 1.76. The van der Waals surface area contributed by atoms with Crippen LogP contribution in [0.2, 0.25) is 0 Å². The van der Waals surface area contributed by atoms with Crippen LogP contribution in [0.5, 0.6) is 0 Å². The fraction of sp³-hybridized carbons (Fsp3) is 0. The first-order chi connectivity index (χ1) is 4.70. The van der Waals surface area contributed by atoms with Crippen LogP contribution >= 0.6 is 0 Å². The summed E-state index contributed by atoms with van der Waals surface area (Å²) in [5, 5.41) is 10.0. The van der Waals surface area contributed by atoms with E-state index in [1.165, 1.54) is 18.2 Å². The summed E-state index contributed by atoms with van der Waals surface area (Å²) in [6.45, 7) is 0. The van der Waals surface area contributed by atoms with E-state index in [4.69, 9.17) is 5.73 Å². The summed E-state index contributed by atoms with van der Waals surface area (Å²) in [4.78, 5) is 9.53. The molecule has 1 rings (SSSR count). The summed E-state index contributed by atoms with van der Waals surface area (Å²) < 4.78 is 0. The second kappa shape index (κ2) is 4.41. The van der Waals surface area contributed by atoms with Crippen molar-refractivity contribution < 1.29 is 37.6 Å². The van der Waals surface area contributed by atoms with Gasteiger partial charge in [-0.3, -0.25) is 10.1 Å². The first kappa shape index (κ1) is 10.5. The quantitative estimate of drug-likeness (QED) is 0.335. The number of benzene rings is 1. The number of nitrogen functional groups attached to an aromatic ring is 1. The summed E-state index contributed by atoms with van der Waals surface area (Å²) in [7, 11) is 0. The number of hydrogen-bond acceptors (Lipinski definition) is 3. The molecule has 5 heteroatoms. The maximum atomic E-state index is 10.0. The molecule has 0 unspecified atom stereocenters. The van der Waals surface area contributed by atoms with E-state index in [0.717, 1.165) is 0 Å². The van der Waals surface area contributed by atoms with Gasteiger partial charge in [-0.15, -0.1) is 12.1 Å². The molecule has 1 aromatic carbocycles. The molecule has 2 N–H and O–H groups in total. The van der Waals surface area contributed by atoms with Crippen LogP contribution in [0.15, 0.2) is 18.2 Å². The Morgan fingerprint density at radius 3 is 2.55 bits per heavy atom. The zero-order valence-corrected chi connectivity index (χ0v) is 8.49. The maximum absolute atomic E-state index is 10.0.